The first kappa shape index (κ1) is 19.6. The van der Waals surface area contributed by atoms with Gasteiger partial charge in [0.05, 0.1) is 4.92 Å². The molecule has 2 aliphatic heterocycles. The van der Waals surface area contributed by atoms with Crippen molar-refractivity contribution in [2.24, 2.45) is 11.3 Å². The molecule has 3 aliphatic rings. The van der Waals surface area contributed by atoms with Crippen LogP contribution in [0.5, 0.6) is 0 Å². The topological polar surface area (TPSA) is 61.6 Å². The summed E-state index contributed by atoms with van der Waals surface area (Å²) in [5, 5.41) is 14.4. The minimum absolute atomic E-state index is 0.166. The lowest BCUT2D eigenvalue weighted by Crippen LogP contribution is -2.53. The van der Waals surface area contributed by atoms with Crippen molar-refractivity contribution in [1.82, 2.24) is 10.2 Å². The van der Waals surface area contributed by atoms with Crippen LogP contribution in [-0.4, -0.2) is 55.1 Å². The molecule has 6 heteroatoms. The van der Waals surface area contributed by atoms with Gasteiger partial charge in [-0.3, -0.25) is 15.0 Å². The average Bonchev–Trinajstić information content (AvgIpc) is 2.72. The van der Waals surface area contributed by atoms with Crippen molar-refractivity contribution in [2.45, 2.75) is 51.5 Å². The molecule has 1 aromatic carbocycles. The van der Waals surface area contributed by atoms with Crippen LogP contribution in [0, 0.1) is 21.4 Å². The molecule has 0 aromatic heterocycles. The highest BCUT2D eigenvalue weighted by atomic mass is 16.6. The van der Waals surface area contributed by atoms with Gasteiger partial charge < -0.3 is 10.2 Å². The van der Waals surface area contributed by atoms with Crippen molar-refractivity contribution >= 4 is 11.4 Å². The predicted molar refractivity (Wildman–Crippen MR) is 113 cm³/mol. The Morgan fingerprint density at radius 1 is 1.11 bits per heavy atom. The molecule has 0 bridgehead atoms. The SMILES string of the molecule is C[C@H]1CN(c2ccc([N+](=O)[O-])cc2)CCN1CC1CCC2(CCNCC2)CC1. The van der Waals surface area contributed by atoms with Gasteiger partial charge in [0.25, 0.3) is 5.69 Å². The molecule has 3 fully saturated rings. The number of hydrogen-bond donors (Lipinski definition) is 1. The highest BCUT2D eigenvalue weighted by Gasteiger charge is 2.37. The molecule has 4 rings (SSSR count). The van der Waals surface area contributed by atoms with Gasteiger partial charge in [0, 0.05) is 50.0 Å². The second kappa shape index (κ2) is 8.37. The number of non-ortho nitro benzene ring substituents is 1. The van der Waals surface area contributed by atoms with Crippen molar-refractivity contribution in [2.75, 3.05) is 44.2 Å². The third-order valence-corrected chi connectivity index (χ3v) is 7.51. The molecule has 1 aromatic rings. The Morgan fingerprint density at radius 2 is 1.79 bits per heavy atom. The molecule has 0 radical (unpaired) electrons. The second-order valence-electron chi connectivity index (χ2n) is 9.26. The van der Waals surface area contributed by atoms with Gasteiger partial charge in [0.15, 0.2) is 0 Å². The summed E-state index contributed by atoms with van der Waals surface area (Å²) >= 11 is 0. The highest BCUT2D eigenvalue weighted by molar-refractivity contribution is 5.51. The molecule has 2 saturated heterocycles. The zero-order chi connectivity index (χ0) is 19.6. The fraction of sp³-hybridized carbons (Fsp3) is 0.727. The lowest BCUT2D eigenvalue weighted by molar-refractivity contribution is -0.384. The van der Waals surface area contributed by atoms with Crippen LogP contribution in [0.3, 0.4) is 0 Å². The van der Waals surface area contributed by atoms with E-state index in [9.17, 15) is 10.1 Å². The lowest BCUT2D eigenvalue weighted by atomic mass is 9.65. The third-order valence-electron chi connectivity index (χ3n) is 7.51. The van der Waals surface area contributed by atoms with Crippen molar-refractivity contribution in [3.63, 3.8) is 0 Å². The van der Waals surface area contributed by atoms with Gasteiger partial charge >= 0.3 is 0 Å². The summed E-state index contributed by atoms with van der Waals surface area (Å²) in [5.74, 6) is 0.855. The van der Waals surface area contributed by atoms with Gasteiger partial charge in [-0.25, -0.2) is 0 Å². The van der Waals surface area contributed by atoms with Crippen molar-refractivity contribution in [3.05, 3.63) is 34.4 Å². The molecule has 1 atom stereocenters. The third kappa shape index (κ3) is 4.33. The molecule has 0 unspecified atom stereocenters. The molecule has 1 N–H and O–H groups in total. The average molecular weight is 387 g/mol. The fourth-order valence-electron chi connectivity index (χ4n) is 5.55. The van der Waals surface area contributed by atoms with E-state index in [0.29, 0.717) is 11.5 Å². The maximum atomic E-state index is 10.9. The van der Waals surface area contributed by atoms with E-state index in [4.69, 9.17) is 0 Å². The number of nitrogens with one attached hydrogen (secondary N) is 1. The van der Waals surface area contributed by atoms with Gasteiger partial charge in [-0.05, 0) is 82.0 Å². The Bertz CT molecular complexity index is 662. The first-order valence-electron chi connectivity index (χ1n) is 11.0. The number of nitrogens with zero attached hydrogens (tertiary/aromatic N) is 3. The first-order chi connectivity index (χ1) is 13.5. The zero-order valence-corrected chi connectivity index (χ0v) is 17.1. The van der Waals surface area contributed by atoms with Gasteiger partial charge in [-0.15, -0.1) is 0 Å². The largest absolute Gasteiger partial charge is 0.369 e. The molecule has 1 spiro atoms. The highest BCUT2D eigenvalue weighted by Crippen LogP contribution is 2.45. The molecule has 1 saturated carbocycles. The number of nitro groups is 1. The molecular formula is C22H34N4O2. The van der Waals surface area contributed by atoms with Crippen LogP contribution in [-0.2, 0) is 0 Å². The normalized spacial score (nSPS) is 26.5. The van der Waals surface area contributed by atoms with Crippen molar-refractivity contribution in [3.8, 4) is 0 Å². The first-order valence-corrected chi connectivity index (χ1v) is 11.0. The van der Waals surface area contributed by atoms with E-state index in [2.05, 4.69) is 22.0 Å². The summed E-state index contributed by atoms with van der Waals surface area (Å²) < 4.78 is 0. The second-order valence-corrected chi connectivity index (χ2v) is 9.26. The number of nitro benzene ring substituents is 1. The van der Waals surface area contributed by atoms with Crippen LogP contribution in [0.2, 0.25) is 0 Å². The Balaban J connectivity index is 1.27. The maximum Gasteiger partial charge on any atom is 0.269 e. The van der Waals surface area contributed by atoms with Crippen LogP contribution < -0.4 is 10.2 Å². The zero-order valence-electron chi connectivity index (χ0n) is 17.1. The molecule has 28 heavy (non-hydrogen) atoms. The number of benzene rings is 1. The number of piperidine rings is 1. The van der Waals surface area contributed by atoms with Crippen molar-refractivity contribution < 1.29 is 4.92 Å². The summed E-state index contributed by atoms with van der Waals surface area (Å²) in [4.78, 5) is 15.6. The molecule has 0 amide bonds. The van der Waals surface area contributed by atoms with Crippen LogP contribution in [0.1, 0.15) is 45.4 Å². The van der Waals surface area contributed by atoms with E-state index in [0.717, 1.165) is 31.2 Å². The minimum Gasteiger partial charge on any atom is -0.369 e. The van der Waals surface area contributed by atoms with Gasteiger partial charge in [-0.1, -0.05) is 0 Å². The summed E-state index contributed by atoms with van der Waals surface area (Å²) in [6.07, 6.45) is 8.41. The summed E-state index contributed by atoms with van der Waals surface area (Å²) in [6.45, 7) is 9.09. The Labute approximate surface area is 168 Å². The molecular weight excluding hydrogens is 352 g/mol. The molecule has 6 nitrogen and oxygen atoms in total. The minimum atomic E-state index is -0.331. The number of anilines is 1. The quantitative estimate of drug-likeness (QED) is 0.632. The van der Waals surface area contributed by atoms with Crippen LogP contribution in [0.4, 0.5) is 11.4 Å². The number of hydrogen-bond acceptors (Lipinski definition) is 5. The summed E-state index contributed by atoms with van der Waals surface area (Å²) in [7, 11) is 0. The van der Waals surface area contributed by atoms with Gasteiger partial charge in [0.2, 0.25) is 0 Å². The van der Waals surface area contributed by atoms with E-state index in [1.54, 1.807) is 12.1 Å². The Hall–Kier alpha value is -1.66. The standard InChI is InChI=1S/C22H34N4O2/c1-18-16-25(20-2-4-21(5-3-20)26(27)28)15-14-24(18)17-19-6-8-22(9-7-19)10-12-23-13-11-22/h2-5,18-19,23H,6-17H2,1H3/t18-/m0/s1. The van der Waals surface area contributed by atoms with Crippen molar-refractivity contribution in [1.29, 1.82) is 0 Å². The Kier molecular flexibility index (Phi) is 5.88. The lowest BCUT2D eigenvalue weighted by Gasteiger charge is -2.46. The summed E-state index contributed by atoms with van der Waals surface area (Å²) in [5.41, 5.74) is 1.92. The van der Waals surface area contributed by atoms with E-state index in [-0.39, 0.29) is 10.6 Å². The number of piperazine rings is 1. The van der Waals surface area contributed by atoms with Gasteiger partial charge in [0.1, 0.15) is 0 Å². The maximum absolute atomic E-state index is 10.9. The fourth-order valence-corrected chi connectivity index (χ4v) is 5.55. The van der Waals surface area contributed by atoms with Gasteiger partial charge in [-0.2, -0.15) is 0 Å². The predicted octanol–water partition coefficient (Wildman–Crippen LogP) is 3.67. The summed E-state index contributed by atoms with van der Waals surface area (Å²) in [6, 6.07) is 7.54. The molecule has 2 heterocycles. The molecule has 1 aliphatic carbocycles. The molecule has 154 valence electrons. The Morgan fingerprint density at radius 3 is 2.39 bits per heavy atom. The van der Waals surface area contributed by atoms with E-state index < -0.39 is 0 Å². The number of rotatable bonds is 4. The smallest absolute Gasteiger partial charge is 0.269 e. The van der Waals surface area contributed by atoms with E-state index >= 15 is 0 Å². The monoisotopic (exact) mass is 386 g/mol. The van der Waals surface area contributed by atoms with Crippen LogP contribution in [0.25, 0.3) is 0 Å². The van der Waals surface area contributed by atoms with Crippen LogP contribution >= 0.6 is 0 Å². The van der Waals surface area contributed by atoms with E-state index in [1.165, 1.54) is 58.2 Å². The van der Waals surface area contributed by atoms with E-state index in [1.807, 2.05) is 12.1 Å². The van der Waals surface area contributed by atoms with Crippen LogP contribution in [0.15, 0.2) is 24.3 Å².